The van der Waals surface area contributed by atoms with Crippen LogP contribution in [0.1, 0.15) is 11.4 Å². The molecule has 72 valence electrons. The standard InChI is InChI=1S/C6H6F3N3O/c1-3-2-4(6(7,8)9)11-5(10-3)12-13/h2,13H,1H3,(H,10,11,12). The summed E-state index contributed by atoms with van der Waals surface area (Å²) >= 11 is 0. The summed E-state index contributed by atoms with van der Waals surface area (Å²) in [5.74, 6) is -0.465. The summed E-state index contributed by atoms with van der Waals surface area (Å²) in [6.07, 6.45) is -4.53. The zero-order valence-electron chi connectivity index (χ0n) is 6.55. The summed E-state index contributed by atoms with van der Waals surface area (Å²) in [5, 5.41) is 8.31. The van der Waals surface area contributed by atoms with Crippen LogP contribution in [0.15, 0.2) is 6.07 Å². The number of nitrogens with zero attached hydrogens (tertiary/aromatic N) is 2. The van der Waals surface area contributed by atoms with Crippen LogP contribution in [0.3, 0.4) is 0 Å². The van der Waals surface area contributed by atoms with Crippen LogP contribution in [0, 0.1) is 6.92 Å². The average molecular weight is 193 g/mol. The summed E-state index contributed by atoms with van der Waals surface area (Å²) in [7, 11) is 0. The van der Waals surface area contributed by atoms with E-state index in [-0.39, 0.29) is 5.69 Å². The van der Waals surface area contributed by atoms with E-state index in [2.05, 4.69) is 9.97 Å². The Kier molecular flexibility index (Phi) is 2.37. The smallest absolute Gasteiger partial charge is 0.288 e. The third-order valence-electron chi connectivity index (χ3n) is 1.24. The monoisotopic (exact) mass is 193 g/mol. The van der Waals surface area contributed by atoms with E-state index in [4.69, 9.17) is 5.21 Å². The molecule has 7 heteroatoms. The number of anilines is 1. The summed E-state index contributed by atoms with van der Waals surface area (Å²) < 4.78 is 36.3. The minimum absolute atomic E-state index is 0.124. The van der Waals surface area contributed by atoms with Gasteiger partial charge in [0.2, 0.25) is 5.95 Å². The molecule has 0 amide bonds. The van der Waals surface area contributed by atoms with Gasteiger partial charge in [-0.05, 0) is 13.0 Å². The van der Waals surface area contributed by atoms with Crippen LogP contribution in [0.4, 0.5) is 19.1 Å². The van der Waals surface area contributed by atoms with Crippen LogP contribution >= 0.6 is 0 Å². The van der Waals surface area contributed by atoms with E-state index >= 15 is 0 Å². The number of aryl methyl sites for hydroxylation is 1. The number of aromatic nitrogens is 2. The van der Waals surface area contributed by atoms with Crippen molar-refractivity contribution < 1.29 is 18.4 Å². The maximum Gasteiger partial charge on any atom is 0.433 e. The summed E-state index contributed by atoms with van der Waals surface area (Å²) in [6, 6.07) is 0.792. The molecule has 0 bridgehead atoms. The molecule has 1 rings (SSSR count). The molecule has 0 aromatic carbocycles. The molecule has 0 aliphatic heterocycles. The van der Waals surface area contributed by atoms with Gasteiger partial charge in [0.25, 0.3) is 0 Å². The van der Waals surface area contributed by atoms with Crippen LogP contribution < -0.4 is 5.48 Å². The fourth-order valence-corrected chi connectivity index (χ4v) is 0.764. The van der Waals surface area contributed by atoms with Crippen LogP contribution in [0.5, 0.6) is 0 Å². The summed E-state index contributed by atoms with van der Waals surface area (Å²) in [4.78, 5) is 6.52. The molecular formula is C6H6F3N3O. The Labute approximate surface area is 71.4 Å². The lowest BCUT2D eigenvalue weighted by atomic mass is 10.3. The van der Waals surface area contributed by atoms with Crippen molar-refractivity contribution >= 4 is 5.95 Å². The highest BCUT2D eigenvalue weighted by molar-refractivity contribution is 5.26. The highest BCUT2D eigenvalue weighted by Gasteiger charge is 2.33. The van der Waals surface area contributed by atoms with Gasteiger partial charge in [-0.3, -0.25) is 5.21 Å². The largest absolute Gasteiger partial charge is 0.433 e. The quantitative estimate of drug-likeness (QED) is 0.665. The van der Waals surface area contributed by atoms with Crippen molar-refractivity contribution in [3.8, 4) is 0 Å². The van der Waals surface area contributed by atoms with Crippen molar-refractivity contribution in [2.24, 2.45) is 0 Å². The van der Waals surface area contributed by atoms with E-state index < -0.39 is 17.8 Å². The first kappa shape index (κ1) is 9.72. The molecule has 4 nitrogen and oxygen atoms in total. The highest BCUT2D eigenvalue weighted by Crippen LogP contribution is 2.28. The lowest BCUT2D eigenvalue weighted by Gasteiger charge is -2.07. The second kappa shape index (κ2) is 3.17. The van der Waals surface area contributed by atoms with E-state index in [1.165, 1.54) is 12.4 Å². The molecule has 0 spiro atoms. The molecular weight excluding hydrogens is 187 g/mol. The van der Waals surface area contributed by atoms with Gasteiger partial charge in [0.1, 0.15) is 5.69 Å². The van der Waals surface area contributed by atoms with E-state index in [1.54, 1.807) is 0 Å². The lowest BCUT2D eigenvalue weighted by molar-refractivity contribution is -0.141. The van der Waals surface area contributed by atoms with Crippen molar-refractivity contribution in [2.75, 3.05) is 5.48 Å². The third kappa shape index (κ3) is 2.28. The second-order valence-corrected chi connectivity index (χ2v) is 2.33. The first-order chi connectivity index (χ1) is 5.93. The number of rotatable bonds is 1. The number of hydrogen-bond donors (Lipinski definition) is 2. The van der Waals surface area contributed by atoms with Gasteiger partial charge >= 0.3 is 6.18 Å². The fourth-order valence-electron chi connectivity index (χ4n) is 0.764. The van der Waals surface area contributed by atoms with Gasteiger partial charge in [0.05, 0.1) is 0 Å². The average Bonchev–Trinajstić information content (AvgIpc) is 2.01. The van der Waals surface area contributed by atoms with Gasteiger partial charge in [-0.25, -0.2) is 15.4 Å². The van der Waals surface area contributed by atoms with Gasteiger partial charge in [0.15, 0.2) is 0 Å². The van der Waals surface area contributed by atoms with Crippen molar-refractivity contribution in [3.05, 3.63) is 17.5 Å². The molecule has 2 N–H and O–H groups in total. The van der Waals surface area contributed by atoms with E-state index in [9.17, 15) is 13.2 Å². The van der Waals surface area contributed by atoms with Gasteiger partial charge in [-0.1, -0.05) is 0 Å². The maximum absolute atomic E-state index is 12.1. The predicted molar refractivity (Wildman–Crippen MR) is 37.2 cm³/mol. The molecule has 0 atom stereocenters. The fraction of sp³-hybridized carbons (Fsp3) is 0.333. The Morgan fingerprint density at radius 1 is 1.38 bits per heavy atom. The minimum atomic E-state index is -4.53. The van der Waals surface area contributed by atoms with Crippen molar-refractivity contribution in [1.82, 2.24) is 9.97 Å². The number of alkyl halides is 3. The second-order valence-electron chi connectivity index (χ2n) is 2.33. The van der Waals surface area contributed by atoms with Crippen molar-refractivity contribution in [1.29, 1.82) is 0 Å². The van der Waals surface area contributed by atoms with Crippen LogP contribution in [-0.2, 0) is 6.18 Å². The third-order valence-corrected chi connectivity index (χ3v) is 1.24. The van der Waals surface area contributed by atoms with Gasteiger partial charge in [-0.15, -0.1) is 0 Å². The first-order valence-electron chi connectivity index (χ1n) is 3.26. The Balaban J connectivity index is 3.16. The minimum Gasteiger partial charge on any atom is -0.288 e. The molecule has 0 radical (unpaired) electrons. The number of halogens is 3. The van der Waals surface area contributed by atoms with E-state index in [0.717, 1.165) is 6.07 Å². The molecule has 1 aromatic rings. The molecule has 0 fully saturated rings. The van der Waals surface area contributed by atoms with Gasteiger partial charge in [-0.2, -0.15) is 13.2 Å². The molecule has 0 saturated carbocycles. The Hall–Kier alpha value is -1.37. The molecule has 1 heterocycles. The Morgan fingerprint density at radius 3 is 2.46 bits per heavy atom. The zero-order valence-corrected chi connectivity index (χ0v) is 6.55. The lowest BCUT2D eigenvalue weighted by Crippen LogP contribution is -2.11. The Bertz CT molecular complexity index is 312. The number of nitrogens with one attached hydrogen (secondary N) is 1. The van der Waals surface area contributed by atoms with Gasteiger partial charge in [0, 0.05) is 5.69 Å². The molecule has 0 aliphatic carbocycles. The van der Waals surface area contributed by atoms with Crippen LogP contribution in [0.25, 0.3) is 0 Å². The van der Waals surface area contributed by atoms with Crippen molar-refractivity contribution in [2.45, 2.75) is 13.1 Å². The SMILES string of the molecule is Cc1cc(C(F)(F)F)nc(NO)n1. The van der Waals surface area contributed by atoms with Gasteiger partial charge < -0.3 is 0 Å². The summed E-state index contributed by atoms with van der Waals surface area (Å²) in [6.45, 7) is 1.37. The molecule has 0 saturated heterocycles. The molecule has 13 heavy (non-hydrogen) atoms. The zero-order chi connectivity index (χ0) is 10.1. The van der Waals surface area contributed by atoms with Crippen LogP contribution in [-0.4, -0.2) is 15.2 Å². The first-order valence-corrected chi connectivity index (χ1v) is 3.26. The maximum atomic E-state index is 12.1. The molecule has 1 aromatic heterocycles. The predicted octanol–water partition coefficient (Wildman–Crippen LogP) is 1.60. The Morgan fingerprint density at radius 2 is 2.00 bits per heavy atom. The number of hydrogen-bond acceptors (Lipinski definition) is 4. The normalized spacial score (nSPS) is 11.5. The van der Waals surface area contributed by atoms with E-state index in [0.29, 0.717) is 0 Å². The topological polar surface area (TPSA) is 58.0 Å². The van der Waals surface area contributed by atoms with Crippen molar-refractivity contribution in [3.63, 3.8) is 0 Å². The summed E-state index contributed by atoms with van der Waals surface area (Å²) in [5.41, 5.74) is 0.495. The van der Waals surface area contributed by atoms with Crippen LogP contribution in [0.2, 0.25) is 0 Å². The highest BCUT2D eigenvalue weighted by atomic mass is 19.4. The van der Waals surface area contributed by atoms with E-state index in [1.807, 2.05) is 0 Å². The molecule has 0 aliphatic rings. The molecule has 0 unspecified atom stereocenters.